The molecule has 0 bridgehead atoms. The number of fused-ring (bicyclic) bond motifs is 1. The number of anilines is 1. The summed E-state index contributed by atoms with van der Waals surface area (Å²) >= 11 is 0. The van der Waals surface area contributed by atoms with E-state index in [0.29, 0.717) is 18.7 Å². The molecule has 0 aliphatic heterocycles. The normalized spacial score (nSPS) is 12.4. The molecule has 0 aliphatic carbocycles. The zero-order valence-corrected chi connectivity index (χ0v) is 10.9. The third-order valence-electron chi connectivity index (χ3n) is 3.12. The van der Waals surface area contributed by atoms with E-state index in [0.717, 1.165) is 16.6 Å². The minimum absolute atomic E-state index is 0.552. The Hall–Kier alpha value is -2.40. The van der Waals surface area contributed by atoms with Crippen molar-refractivity contribution in [1.82, 2.24) is 9.97 Å². The van der Waals surface area contributed by atoms with Gasteiger partial charge in [-0.05, 0) is 30.7 Å². The number of pyridine rings is 2. The van der Waals surface area contributed by atoms with E-state index in [2.05, 4.69) is 15.3 Å². The van der Waals surface area contributed by atoms with Crippen LogP contribution in [0.1, 0.15) is 18.3 Å². The predicted octanol–water partition coefficient (Wildman–Crippen LogP) is 2.76. The molecule has 5 heteroatoms. The van der Waals surface area contributed by atoms with Crippen LogP contribution in [0.15, 0.2) is 53.5 Å². The van der Waals surface area contributed by atoms with E-state index < -0.39 is 6.10 Å². The van der Waals surface area contributed by atoms with Gasteiger partial charge in [0.15, 0.2) is 0 Å². The number of aliphatic hydroxyl groups is 1. The molecule has 1 atom stereocenters. The molecule has 3 heterocycles. The van der Waals surface area contributed by atoms with Gasteiger partial charge in [-0.1, -0.05) is 0 Å². The third kappa shape index (κ3) is 2.62. The largest absolute Gasteiger partial charge is 0.467 e. The zero-order valence-electron chi connectivity index (χ0n) is 10.9. The molecular formula is C15H15N3O2. The quantitative estimate of drug-likeness (QED) is 0.745. The first kappa shape index (κ1) is 12.6. The molecule has 3 aromatic heterocycles. The zero-order chi connectivity index (χ0) is 13.8. The van der Waals surface area contributed by atoms with Crippen LogP contribution in [0.2, 0.25) is 0 Å². The van der Waals surface area contributed by atoms with E-state index in [1.54, 1.807) is 37.0 Å². The Morgan fingerprint density at radius 2 is 2.20 bits per heavy atom. The lowest BCUT2D eigenvalue weighted by Crippen LogP contribution is -2.08. The molecule has 3 rings (SSSR count). The Morgan fingerprint density at radius 1 is 1.25 bits per heavy atom. The highest BCUT2D eigenvalue weighted by Gasteiger charge is 2.10. The molecule has 0 saturated carbocycles. The summed E-state index contributed by atoms with van der Waals surface area (Å²) in [5.74, 6) is 0.584. The summed E-state index contributed by atoms with van der Waals surface area (Å²) in [6.07, 6.45) is 6.79. The van der Waals surface area contributed by atoms with Gasteiger partial charge in [0, 0.05) is 24.3 Å². The van der Waals surface area contributed by atoms with E-state index in [1.807, 2.05) is 12.1 Å². The molecule has 0 aromatic carbocycles. The fourth-order valence-electron chi connectivity index (χ4n) is 2.10. The van der Waals surface area contributed by atoms with E-state index in [1.165, 1.54) is 0 Å². The first-order valence-corrected chi connectivity index (χ1v) is 6.48. The minimum atomic E-state index is -0.603. The van der Waals surface area contributed by atoms with Crippen LogP contribution in [-0.2, 0) is 0 Å². The summed E-state index contributed by atoms with van der Waals surface area (Å²) in [7, 11) is 0. The Kier molecular flexibility index (Phi) is 3.60. The Labute approximate surface area is 116 Å². The van der Waals surface area contributed by atoms with Crippen molar-refractivity contribution in [2.45, 2.75) is 12.5 Å². The molecule has 0 aliphatic rings. The second-order valence-electron chi connectivity index (χ2n) is 4.51. The SMILES string of the molecule is OC(CCNc1cncc2cccnc12)c1ccco1. The van der Waals surface area contributed by atoms with Crippen molar-refractivity contribution < 1.29 is 9.52 Å². The highest BCUT2D eigenvalue weighted by Crippen LogP contribution is 2.20. The Bertz CT molecular complexity index is 677. The molecule has 102 valence electrons. The molecule has 5 nitrogen and oxygen atoms in total. The van der Waals surface area contributed by atoms with Gasteiger partial charge in [0.2, 0.25) is 0 Å². The molecule has 1 unspecified atom stereocenters. The standard InChI is InChI=1S/C15H15N3O2/c19-13(14-4-2-8-20-14)5-7-17-12-10-16-9-11-3-1-6-18-15(11)12/h1-4,6,8-10,13,17,19H,5,7H2. The number of nitrogens with zero attached hydrogens (tertiary/aromatic N) is 2. The number of furan rings is 1. The highest BCUT2D eigenvalue weighted by atomic mass is 16.4. The highest BCUT2D eigenvalue weighted by molar-refractivity contribution is 5.88. The first-order chi connectivity index (χ1) is 9.84. The summed E-state index contributed by atoms with van der Waals surface area (Å²) in [4.78, 5) is 8.52. The van der Waals surface area contributed by atoms with E-state index in [-0.39, 0.29) is 0 Å². The maximum Gasteiger partial charge on any atom is 0.132 e. The van der Waals surface area contributed by atoms with Gasteiger partial charge in [0.05, 0.1) is 23.7 Å². The third-order valence-corrected chi connectivity index (χ3v) is 3.12. The lowest BCUT2D eigenvalue weighted by Gasteiger charge is -2.11. The number of hydrogen-bond acceptors (Lipinski definition) is 5. The van der Waals surface area contributed by atoms with Crippen molar-refractivity contribution in [3.8, 4) is 0 Å². The number of rotatable bonds is 5. The van der Waals surface area contributed by atoms with Gasteiger partial charge in [-0.3, -0.25) is 9.97 Å². The van der Waals surface area contributed by atoms with Crippen molar-refractivity contribution in [3.63, 3.8) is 0 Å². The fourth-order valence-corrected chi connectivity index (χ4v) is 2.10. The molecule has 0 saturated heterocycles. The van der Waals surface area contributed by atoms with Crippen LogP contribution in [0.3, 0.4) is 0 Å². The summed E-state index contributed by atoms with van der Waals surface area (Å²) in [6, 6.07) is 7.39. The topological polar surface area (TPSA) is 71.2 Å². The van der Waals surface area contributed by atoms with Crippen molar-refractivity contribution in [2.24, 2.45) is 0 Å². The Morgan fingerprint density at radius 3 is 3.05 bits per heavy atom. The molecule has 0 radical (unpaired) electrons. The lowest BCUT2D eigenvalue weighted by molar-refractivity contribution is 0.144. The van der Waals surface area contributed by atoms with Gasteiger partial charge in [-0.25, -0.2) is 0 Å². The van der Waals surface area contributed by atoms with E-state index in [4.69, 9.17) is 4.42 Å². The van der Waals surface area contributed by atoms with Crippen molar-refractivity contribution in [2.75, 3.05) is 11.9 Å². The van der Waals surface area contributed by atoms with Gasteiger partial charge >= 0.3 is 0 Å². The smallest absolute Gasteiger partial charge is 0.132 e. The van der Waals surface area contributed by atoms with Crippen LogP contribution in [0.4, 0.5) is 5.69 Å². The van der Waals surface area contributed by atoms with Crippen LogP contribution >= 0.6 is 0 Å². The summed E-state index contributed by atoms with van der Waals surface area (Å²) in [5.41, 5.74) is 1.75. The molecule has 3 aromatic rings. The van der Waals surface area contributed by atoms with Gasteiger partial charge in [-0.2, -0.15) is 0 Å². The number of aliphatic hydroxyl groups excluding tert-OH is 1. The van der Waals surface area contributed by atoms with Gasteiger partial charge in [-0.15, -0.1) is 0 Å². The van der Waals surface area contributed by atoms with Crippen LogP contribution in [0.25, 0.3) is 10.9 Å². The molecule has 2 N–H and O–H groups in total. The van der Waals surface area contributed by atoms with Gasteiger partial charge in [0.25, 0.3) is 0 Å². The minimum Gasteiger partial charge on any atom is -0.467 e. The maximum absolute atomic E-state index is 9.94. The monoisotopic (exact) mass is 269 g/mol. The van der Waals surface area contributed by atoms with Crippen molar-refractivity contribution >= 4 is 16.6 Å². The summed E-state index contributed by atoms with van der Waals surface area (Å²) in [5, 5.41) is 14.2. The van der Waals surface area contributed by atoms with Crippen LogP contribution in [-0.4, -0.2) is 21.6 Å². The number of hydrogen-bond donors (Lipinski definition) is 2. The van der Waals surface area contributed by atoms with Crippen LogP contribution < -0.4 is 5.32 Å². The van der Waals surface area contributed by atoms with E-state index in [9.17, 15) is 5.11 Å². The molecule has 0 spiro atoms. The lowest BCUT2D eigenvalue weighted by atomic mass is 10.2. The van der Waals surface area contributed by atoms with Crippen LogP contribution in [0, 0.1) is 0 Å². The van der Waals surface area contributed by atoms with Crippen LogP contribution in [0.5, 0.6) is 0 Å². The molecule has 0 fully saturated rings. The van der Waals surface area contributed by atoms with Gasteiger partial charge < -0.3 is 14.8 Å². The van der Waals surface area contributed by atoms with Crippen molar-refractivity contribution in [3.05, 3.63) is 54.9 Å². The average Bonchev–Trinajstić information content (AvgIpc) is 3.02. The maximum atomic E-state index is 9.94. The van der Waals surface area contributed by atoms with Crippen molar-refractivity contribution in [1.29, 1.82) is 0 Å². The predicted molar refractivity (Wildman–Crippen MR) is 76.3 cm³/mol. The first-order valence-electron chi connectivity index (χ1n) is 6.48. The second kappa shape index (κ2) is 5.71. The summed E-state index contributed by atoms with van der Waals surface area (Å²) in [6.45, 7) is 0.610. The fraction of sp³-hybridized carbons (Fsp3) is 0.200. The average molecular weight is 269 g/mol. The van der Waals surface area contributed by atoms with Gasteiger partial charge in [0.1, 0.15) is 11.9 Å². The molecule has 0 amide bonds. The molecular weight excluding hydrogens is 254 g/mol. The van der Waals surface area contributed by atoms with E-state index >= 15 is 0 Å². The molecule has 20 heavy (non-hydrogen) atoms. The second-order valence-corrected chi connectivity index (χ2v) is 4.51. The Balaban J connectivity index is 1.66. The number of aromatic nitrogens is 2. The number of nitrogens with one attached hydrogen (secondary N) is 1. The summed E-state index contributed by atoms with van der Waals surface area (Å²) < 4.78 is 5.17.